The zero-order valence-corrected chi connectivity index (χ0v) is 12.3. The minimum atomic E-state index is -1.50. The first-order valence-electron chi connectivity index (χ1n) is 5.97. The number of Topliss-reactive ketones (excluding diaryl/α,β-unsaturated/α-hetero) is 1. The lowest BCUT2D eigenvalue weighted by molar-refractivity contribution is -0.127. The number of ketones is 1. The van der Waals surface area contributed by atoms with Gasteiger partial charge in [-0.15, -0.1) is 0 Å². The number of halogens is 1. The molecule has 1 atom stereocenters. The van der Waals surface area contributed by atoms with E-state index in [0.717, 1.165) is 23.7 Å². The molecular weight excluding hydrogens is 296 g/mol. The van der Waals surface area contributed by atoms with E-state index >= 15 is 0 Å². The van der Waals surface area contributed by atoms with Crippen LogP contribution in [0.25, 0.3) is 0 Å². The van der Waals surface area contributed by atoms with Crippen LogP contribution in [0.5, 0.6) is 0 Å². The predicted octanol–water partition coefficient (Wildman–Crippen LogP) is 2.99. The van der Waals surface area contributed by atoms with Gasteiger partial charge in [0.1, 0.15) is 5.78 Å². The van der Waals surface area contributed by atoms with Gasteiger partial charge in [-0.2, -0.15) is 0 Å². The molecule has 1 fully saturated rings. The van der Waals surface area contributed by atoms with Crippen LogP contribution in [-0.2, 0) is 4.79 Å². The molecule has 0 radical (unpaired) electrons. The van der Waals surface area contributed by atoms with Crippen molar-refractivity contribution in [3.63, 3.8) is 0 Å². The molecule has 4 heteroatoms. The van der Waals surface area contributed by atoms with Crippen molar-refractivity contribution >= 4 is 21.7 Å². The monoisotopic (exact) mass is 314 g/mol. The number of rotatable bonds is 1. The molecule has 0 bridgehead atoms. The van der Waals surface area contributed by atoms with Crippen molar-refractivity contribution in [2.24, 2.45) is 0 Å². The summed E-state index contributed by atoms with van der Waals surface area (Å²) in [6.45, 7) is 2.60. The van der Waals surface area contributed by atoms with E-state index in [1.807, 2.05) is 12.1 Å². The highest BCUT2D eigenvalue weighted by Crippen LogP contribution is 2.32. The van der Waals surface area contributed by atoms with Crippen molar-refractivity contribution in [1.29, 1.82) is 0 Å². The van der Waals surface area contributed by atoms with Crippen LogP contribution in [-0.4, -0.2) is 21.8 Å². The average Bonchev–Trinajstić information content (AvgIpc) is 2.62. The fourth-order valence-electron chi connectivity index (χ4n) is 1.86. The topological polar surface area (TPSA) is 57.5 Å². The SMILES string of the molecule is CC(C)(O)O.O=C1CCC(c2cccc(Br)c2)C1. The summed E-state index contributed by atoms with van der Waals surface area (Å²) in [6, 6.07) is 8.26. The third-order valence-electron chi connectivity index (χ3n) is 2.57. The Morgan fingerprint density at radius 1 is 1.33 bits per heavy atom. The van der Waals surface area contributed by atoms with Crippen LogP contribution in [0, 0.1) is 0 Å². The molecule has 0 heterocycles. The lowest BCUT2D eigenvalue weighted by Gasteiger charge is -2.07. The average molecular weight is 315 g/mol. The number of hydrogen-bond acceptors (Lipinski definition) is 3. The lowest BCUT2D eigenvalue weighted by atomic mass is 9.98. The molecule has 1 aromatic rings. The highest BCUT2D eigenvalue weighted by Gasteiger charge is 2.23. The first-order valence-corrected chi connectivity index (χ1v) is 6.77. The fourth-order valence-corrected chi connectivity index (χ4v) is 2.28. The smallest absolute Gasteiger partial charge is 0.156 e. The van der Waals surface area contributed by atoms with E-state index in [1.165, 1.54) is 19.4 Å². The van der Waals surface area contributed by atoms with Crippen LogP contribution in [0.3, 0.4) is 0 Å². The molecule has 0 spiro atoms. The van der Waals surface area contributed by atoms with E-state index in [2.05, 4.69) is 28.1 Å². The summed E-state index contributed by atoms with van der Waals surface area (Å²) >= 11 is 3.44. The minimum absolute atomic E-state index is 0.407. The number of benzene rings is 1. The maximum atomic E-state index is 11.1. The van der Waals surface area contributed by atoms with Gasteiger partial charge in [-0.1, -0.05) is 28.1 Å². The van der Waals surface area contributed by atoms with E-state index < -0.39 is 5.79 Å². The molecule has 2 N–H and O–H groups in total. The summed E-state index contributed by atoms with van der Waals surface area (Å²) in [5.41, 5.74) is 1.29. The summed E-state index contributed by atoms with van der Waals surface area (Å²) in [4.78, 5) is 11.1. The van der Waals surface area contributed by atoms with Crippen LogP contribution in [0.15, 0.2) is 28.7 Å². The second-order valence-electron chi connectivity index (χ2n) is 5.03. The molecule has 1 unspecified atom stereocenters. The first-order chi connectivity index (χ1) is 8.25. The van der Waals surface area contributed by atoms with Crippen LogP contribution in [0.2, 0.25) is 0 Å². The van der Waals surface area contributed by atoms with E-state index in [9.17, 15) is 4.79 Å². The third kappa shape index (κ3) is 6.28. The third-order valence-corrected chi connectivity index (χ3v) is 3.06. The fraction of sp³-hybridized carbons (Fsp3) is 0.500. The van der Waals surface area contributed by atoms with Gasteiger partial charge < -0.3 is 10.2 Å². The maximum absolute atomic E-state index is 11.1. The summed E-state index contributed by atoms with van der Waals surface area (Å²) in [5.74, 6) is -0.630. The Morgan fingerprint density at radius 2 is 1.94 bits per heavy atom. The molecule has 1 aliphatic carbocycles. The van der Waals surface area contributed by atoms with Crippen LogP contribution in [0.4, 0.5) is 0 Å². The predicted molar refractivity (Wildman–Crippen MR) is 74.3 cm³/mol. The Hall–Kier alpha value is -0.710. The van der Waals surface area contributed by atoms with Gasteiger partial charge in [0.05, 0.1) is 0 Å². The van der Waals surface area contributed by atoms with Gasteiger partial charge in [-0.05, 0) is 43.9 Å². The van der Waals surface area contributed by atoms with Crippen molar-refractivity contribution in [2.75, 3.05) is 0 Å². The number of carbonyl (C=O) groups excluding carboxylic acids is 1. The van der Waals surface area contributed by atoms with Gasteiger partial charge >= 0.3 is 0 Å². The minimum Gasteiger partial charge on any atom is -0.366 e. The zero-order chi connectivity index (χ0) is 13.8. The van der Waals surface area contributed by atoms with Crippen LogP contribution >= 0.6 is 15.9 Å². The zero-order valence-electron chi connectivity index (χ0n) is 10.7. The molecule has 1 aromatic carbocycles. The van der Waals surface area contributed by atoms with E-state index in [4.69, 9.17) is 10.2 Å². The van der Waals surface area contributed by atoms with Gasteiger partial charge in [-0.25, -0.2) is 0 Å². The number of carbonyl (C=O) groups is 1. The highest BCUT2D eigenvalue weighted by molar-refractivity contribution is 9.10. The molecule has 0 saturated heterocycles. The first kappa shape index (κ1) is 15.3. The van der Waals surface area contributed by atoms with Crippen molar-refractivity contribution in [3.05, 3.63) is 34.3 Å². The Kier molecular flexibility index (Phi) is 5.50. The van der Waals surface area contributed by atoms with E-state index in [-0.39, 0.29) is 0 Å². The van der Waals surface area contributed by atoms with Gasteiger partial charge in [0, 0.05) is 17.3 Å². The van der Waals surface area contributed by atoms with Crippen LogP contribution < -0.4 is 0 Å². The van der Waals surface area contributed by atoms with Crippen LogP contribution in [0.1, 0.15) is 44.6 Å². The summed E-state index contributed by atoms with van der Waals surface area (Å²) in [6.07, 6.45) is 2.52. The largest absolute Gasteiger partial charge is 0.366 e. The second-order valence-corrected chi connectivity index (χ2v) is 5.94. The number of aliphatic hydroxyl groups is 2. The van der Waals surface area contributed by atoms with Crippen molar-refractivity contribution in [2.45, 2.75) is 44.8 Å². The Balaban J connectivity index is 0.000000280. The summed E-state index contributed by atoms with van der Waals surface area (Å²) < 4.78 is 1.10. The molecule has 2 rings (SSSR count). The molecule has 3 nitrogen and oxygen atoms in total. The maximum Gasteiger partial charge on any atom is 0.156 e. The van der Waals surface area contributed by atoms with Crippen molar-refractivity contribution in [3.8, 4) is 0 Å². The summed E-state index contributed by atoms with van der Waals surface area (Å²) in [7, 11) is 0. The Morgan fingerprint density at radius 3 is 2.39 bits per heavy atom. The molecule has 0 aromatic heterocycles. The molecular formula is C14H19BrO3. The number of hydrogen-bond donors (Lipinski definition) is 2. The van der Waals surface area contributed by atoms with Gasteiger partial charge in [0.15, 0.2) is 5.79 Å². The summed E-state index contributed by atoms with van der Waals surface area (Å²) in [5, 5.41) is 16.2. The molecule has 100 valence electrons. The molecule has 1 aliphatic rings. The van der Waals surface area contributed by atoms with Gasteiger partial charge in [0.25, 0.3) is 0 Å². The lowest BCUT2D eigenvalue weighted by Crippen LogP contribution is -2.15. The normalized spacial score (nSPS) is 19.4. The Bertz CT molecular complexity index is 404. The van der Waals surface area contributed by atoms with Gasteiger partial charge in [0.2, 0.25) is 0 Å². The van der Waals surface area contributed by atoms with E-state index in [1.54, 1.807) is 0 Å². The van der Waals surface area contributed by atoms with Gasteiger partial charge in [-0.3, -0.25) is 4.79 Å². The molecule has 1 saturated carbocycles. The quantitative estimate of drug-likeness (QED) is 0.783. The highest BCUT2D eigenvalue weighted by atomic mass is 79.9. The van der Waals surface area contributed by atoms with Crippen molar-refractivity contribution in [1.82, 2.24) is 0 Å². The Labute approximate surface area is 116 Å². The molecule has 0 amide bonds. The standard InChI is InChI=1S/C11H11BrO.C3H8O2/c12-10-3-1-2-8(6-10)9-4-5-11(13)7-9;1-3(2,4)5/h1-3,6,9H,4-5,7H2;4-5H,1-2H3. The molecule has 18 heavy (non-hydrogen) atoms. The molecule has 0 aliphatic heterocycles. The van der Waals surface area contributed by atoms with E-state index in [0.29, 0.717) is 11.7 Å². The van der Waals surface area contributed by atoms with Crippen molar-refractivity contribution < 1.29 is 15.0 Å². The second kappa shape index (κ2) is 6.45.